The van der Waals surface area contributed by atoms with Gasteiger partial charge in [-0.15, -0.1) is 0 Å². The molecule has 0 saturated carbocycles. The summed E-state index contributed by atoms with van der Waals surface area (Å²) in [6.07, 6.45) is 4.92. The van der Waals surface area contributed by atoms with Crippen LogP contribution in [0.1, 0.15) is 37.6 Å². The molecule has 0 fully saturated rings. The predicted octanol–water partition coefficient (Wildman–Crippen LogP) is 4.71. The van der Waals surface area contributed by atoms with Gasteiger partial charge in [0.05, 0.1) is 5.69 Å². The van der Waals surface area contributed by atoms with Gasteiger partial charge >= 0.3 is 0 Å². The minimum absolute atomic E-state index is 0.832. The van der Waals surface area contributed by atoms with E-state index < -0.39 is 0 Å². The maximum Gasteiger partial charge on any atom is 0.0656 e. The van der Waals surface area contributed by atoms with Crippen LogP contribution in [0.3, 0.4) is 0 Å². The quantitative estimate of drug-likeness (QED) is 0.754. The number of hydrogen-bond donors (Lipinski definition) is 3. The smallest absolute Gasteiger partial charge is 0.0656 e. The SMILES string of the molecule is CCc1[nH]ccc(C)c[nH]c1-c1ccccc1C(N)=C(C)C. The zero-order valence-electron chi connectivity index (χ0n) is 13.8. The molecule has 1 aromatic carbocycles. The van der Waals surface area contributed by atoms with Crippen LogP contribution in [0.4, 0.5) is 0 Å². The number of rotatable bonds is 3. The molecule has 4 N–H and O–H groups in total. The first-order valence-electron chi connectivity index (χ1n) is 7.66. The Morgan fingerprint density at radius 2 is 1.82 bits per heavy atom. The van der Waals surface area contributed by atoms with Gasteiger partial charge in [0.2, 0.25) is 0 Å². The summed E-state index contributed by atoms with van der Waals surface area (Å²) in [6.45, 7) is 8.29. The van der Waals surface area contributed by atoms with Crippen LogP contribution in [0.15, 0.2) is 48.3 Å². The van der Waals surface area contributed by atoms with Gasteiger partial charge in [-0.3, -0.25) is 0 Å². The molecule has 1 heterocycles. The summed E-state index contributed by atoms with van der Waals surface area (Å²) in [4.78, 5) is 6.83. The molecule has 0 unspecified atom stereocenters. The van der Waals surface area contributed by atoms with E-state index >= 15 is 0 Å². The third-order valence-electron chi connectivity index (χ3n) is 3.73. The lowest BCUT2D eigenvalue weighted by Crippen LogP contribution is -2.03. The Labute approximate surface area is 132 Å². The van der Waals surface area contributed by atoms with Crippen molar-refractivity contribution in [2.75, 3.05) is 0 Å². The summed E-state index contributed by atoms with van der Waals surface area (Å²) in [5.74, 6) is 0. The number of benzene rings is 1. The second-order valence-electron chi connectivity index (χ2n) is 5.68. The van der Waals surface area contributed by atoms with Crippen LogP contribution < -0.4 is 5.73 Å². The van der Waals surface area contributed by atoms with Crippen molar-refractivity contribution in [2.24, 2.45) is 5.73 Å². The fraction of sp³-hybridized carbons (Fsp3) is 0.263. The molecule has 1 aromatic heterocycles. The van der Waals surface area contributed by atoms with Gasteiger partial charge in [-0.1, -0.05) is 36.8 Å². The molecule has 0 spiro atoms. The zero-order chi connectivity index (χ0) is 16.1. The van der Waals surface area contributed by atoms with Crippen molar-refractivity contribution in [2.45, 2.75) is 34.1 Å². The Morgan fingerprint density at radius 1 is 1.09 bits per heavy atom. The molecular formula is C19H25N3. The Hall–Kier alpha value is -2.42. The minimum Gasteiger partial charge on any atom is -0.398 e. The van der Waals surface area contributed by atoms with E-state index in [-0.39, 0.29) is 0 Å². The third-order valence-corrected chi connectivity index (χ3v) is 3.73. The average molecular weight is 295 g/mol. The maximum atomic E-state index is 6.31. The lowest BCUT2D eigenvalue weighted by molar-refractivity contribution is 1.02. The fourth-order valence-electron chi connectivity index (χ4n) is 2.39. The van der Waals surface area contributed by atoms with E-state index in [4.69, 9.17) is 5.73 Å². The normalized spacial score (nSPS) is 10.2. The summed E-state index contributed by atoms with van der Waals surface area (Å²) >= 11 is 0. The maximum absolute atomic E-state index is 6.31. The number of aryl methyl sites for hydroxylation is 2. The fourth-order valence-corrected chi connectivity index (χ4v) is 2.39. The van der Waals surface area contributed by atoms with Gasteiger partial charge in [0, 0.05) is 34.9 Å². The van der Waals surface area contributed by atoms with E-state index in [2.05, 4.69) is 42.0 Å². The lowest BCUT2D eigenvalue weighted by atomic mass is 9.98. The van der Waals surface area contributed by atoms with Crippen molar-refractivity contribution >= 4 is 5.70 Å². The van der Waals surface area contributed by atoms with Gasteiger partial charge in [0.25, 0.3) is 0 Å². The van der Waals surface area contributed by atoms with E-state index in [1.54, 1.807) is 0 Å². The number of aromatic amines is 2. The minimum atomic E-state index is 0.832. The van der Waals surface area contributed by atoms with Crippen molar-refractivity contribution in [1.29, 1.82) is 0 Å². The molecule has 3 nitrogen and oxygen atoms in total. The van der Waals surface area contributed by atoms with Crippen LogP contribution in [0.25, 0.3) is 17.0 Å². The molecule has 0 amide bonds. The summed E-state index contributed by atoms with van der Waals surface area (Å²) < 4.78 is 0. The highest BCUT2D eigenvalue weighted by Gasteiger charge is 2.10. The van der Waals surface area contributed by atoms with Crippen LogP contribution >= 0.6 is 0 Å². The second-order valence-corrected chi connectivity index (χ2v) is 5.68. The zero-order valence-corrected chi connectivity index (χ0v) is 13.8. The molecule has 0 bridgehead atoms. The molecule has 22 heavy (non-hydrogen) atoms. The van der Waals surface area contributed by atoms with E-state index in [9.17, 15) is 0 Å². The van der Waals surface area contributed by atoms with Crippen LogP contribution in [-0.2, 0) is 6.42 Å². The molecule has 0 aliphatic heterocycles. The van der Waals surface area contributed by atoms with Crippen LogP contribution in [-0.4, -0.2) is 9.97 Å². The molecule has 3 heteroatoms. The topological polar surface area (TPSA) is 57.6 Å². The van der Waals surface area contributed by atoms with Gasteiger partial charge in [0.15, 0.2) is 0 Å². The van der Waals surface area contributed by atoms with Gasteiger partial charge in [0.1, 0.15) is 0 Å². The standard InChI is InChI=1S/C19H25N3/c1-5-17-19(22-12-14(4)10-11-21-17)16-9-7-6-8-15(16)18(20)13(2)3/h6-12,21-22H,5,20H2,1-4H3. The van der Waals surface area contributed by atoms with Crippen LogP contribution in [0.2, 0.25) is 0 Å². The van der Waals surface area contributed by atoms with Gasteiger partial charge in [-0.2, -0.15) is 0 Å². The number of nitrogens with one attached hydrogen (secondary N) is 2. The van der Waals surface area contributed by atoms with Crippen molar-refractivity contribution in [3.05, 3.63) is 65.1 Å². The second kappa shape index (κ2) is 7.03. The number of nitrogens with two attached hydrogens (primary N) is 1. The van der Waals surface area contributed by atoms with Crippen LogP contribution in [0.5, 0.6) is 0 Å². The van der Waals surface area contributed by atoms with Gasteiger partial charge < -0.3 is 15.7 Å². The van der Waals surface area contributed by atoms with Crippen molar-refractivity contribution < 1.29 is 0 Å². The van der Waals surface area contributed by atoms with E-state index in [1.165, 1.54) is 0 Å². The highest BCUT2D eigenvalue weighted by molar-refractivity contribution is 5.80. The molecule has 116 valence electrons. The summed E-state index contributed by atoms with van der Waals surface area (Å²) in [5.41, 5.74) is 13.8. The number of allylic oxidation sites excluding steroid dienone is 1. The van der Waals surface area contributed by atoms with Gasteiger partial charge in [-0.25, -0.2) is 0 Å². The van der Waals surface area contributed by atoms with E-state index in [1.807, 2.05) is 38.4 Å². The molecular weight excluding hydrogens is 270 g/mol. The van der Waals surface area contributed by atoms with E-state index in [0.717, 1.165) is 45.8 Å². The molecule has 0 saturated heterocycles. The first kappa shape index (κ1) is 16.0. The Morgan fingerprint density at radius 3 is 2.50 bits per heavy atom. The molecule has 0 aliphatic rings. The lowest BCUT2D eigenvalue weighted by Gasteiger charge is -2.14. The summed E-state index contributed by atoms with van der Waals surface area (Å²) in [7, 11) is 0. The third kappa shape index (κ3) is 3.42. The molecule has 0 radical (unpaired) electrons. The van der Waals surface area contributed by atoms with Crippen LogP contribution in [0, 0.1) is 6.92 Å². The van der Waals surface area contributed by atoms with Crippen molar-refractivity contribution in [1.82, 2.24) is 9.97 Å². The molecule has 2 aromatic rings. The van der Waals surface area contributed by atoms with Crippen molar-refractivity contribution in [3.8, 4) is 11.3 Å². The van der Waals surface area contributed by atoms with Crippen molar-refractivity contribution in [3.63, 3.8) is 0 Å². The first-order chi connectivity index (χ1) is 10.5. The Bertz CT molecular complexity index is 727. The summed E-state index contributed by atoms with van der Waals surface area (Å²) in [5, 5.41) is 0. The molecule has 0 atom stereocenters. The predicted molar refractivity (Wildman–Crippen MR) is 94.8 cm³/mol. The number of H-pyrrole nitrogens is 2. The highest BCUT2D eigenvalue weighted by Crippen LogP contribution is 2.28. The Kier molecular flexibility index (Phi) is 5.10. The first-order valence-corrected chi connectivity index (χ1v) is 7.66. The molecule has 0 aliphatic carbocycles. The number of aromatic nitrogens is 2. The Balaban J connectivity index is 2.78. The average Bonchev–Trinajstić information content (AvgIpc) is 2.50. The van der Waals surface area contributed by atoms with E-state index in [0.29, 0.717) is 0 Å². The summed E-state index contributed by atoms with van der Waals surface area (Å²) in [6, 6.07) is 10.3. The molecule has 2 rings (SSSR count). The monoisotopic (exact) mass is 295 g/mol. The number of hydrogen-bond acceptors (Lipinski definition) is 1. The highest BCUT2D eigenvalue weighted by atomic mass is 14.8. The van der Waals surface area contributed by atoms with Gasteiger partial charge in [-0.05, 0) is 38.8 Å². The largest absolute Gasteiger partial charge is 0.398 e.